The molecule has 1 aliphatic carbocycles. The molecule has 0 aliphatic heterocycles. The Morgan fingerprint density at radius 2 is 2.05 bits per heavy atom. The van der Waals surface area contributed by atoms with Crippen LogP contribution in [-0.2, 0) is 6.18 Å². The molecule has 2 rings (SSSR count). The number of carbonyl (C=O) groups is 1. The van der Waals surface area contributed by atoms with Gasteiger partial charge in [-0.1, -0.05) is 15.9 Å². The first kappa shape index (κ1) is 15.6. The van der Waals surface area contributed by atoms with Gasteiger partial charge in [0.1, 0.15) is 0 Å². The lowest BCUT2D eigenvalue weighted by Gasteiger charge is -2.14. The van der Waals surface area contributed by atoms with Gasteiger partial charge in [-0.2, -0.15) is 13.2 Å². The summed E-state index contributed by atoms with van der Waals surface area (Å²) < 4.78 is 38.2. The van der Waals surface area contributed by atoms with Crippen LogP contribution in [0.3, 0.4) is 0 Å². The van der Waals surface area contributed by atoms with Crippen molar-refractivity contribution in [3.05, 3.63) is 33.8 Å². The topological polar surface area (TPSA) is 29.1 Å². The Hall–Kier alpha value is -0.750. The van der Waals surface area contributed by atoms with Gasteiger partial charge in [-0.05, 0) is 31.0 Å². The maximum Gasteiger partial charge on any atom is 0.417 e. The summed E-state index contributed by atoms with van der Waals surface area (Å²) >= 11 is 8.62. The third-order valence-corrected chi connectivity index (χ3v) is 4.66. The minimum absolute atomic E-state index is 0.00843. The highest BCUT2D eigenvalue weighted by molar-refractivity contribution is 9.10. The first-order chi connectivity index (χ1) is 9.27. The molecule has 1 aromatic carbocycles. The van der Waals surface area contributed by atoms with E-state index in [-0.39, 0.29) is 15.5 Å². The molecule has 1 N–H and O–H groups in total. The Balaban J connectivity index is 2.10. The maximum absolute atomic E-state index is 12.8. The van der Waals surface area contributed by atoms with Gasteiger partial charge >= 0.3 is 6.18 Å². The average Bonchev–Trinajstić information content (AvgIpc) is 3.16. The van der Waals surface area contributed by atoms with E-state index in [4.69, 9.17) is 11.6 Å². The van der Waals surface area contributed by atoms with Gasteiger partial charge in [0.05, 0.1) is 5.56 Å². The summed E-state index contributed by atoms with van der Waals surface area (Å²) in [7, 11) is 0. The lowest BCUT2D eigenvalue weighted by Crippen LogP contribution is -2.31. The third kappa shape index (κ3) is 3.47. The van der Waals surface area contributed by atoms with E-state index in [0.717, 1.165) is 18.9 Å². The van der Waals surface area contributed by atoms with Gasteiger partial charge in [0.25, 0.3) is 5.91 Å². The highest BCUT2D eigenvalue weighted by atomic mass is 79.9. The summed E-state index contributed by atoms with van der Waals surface area (Å²) in [6, 6.07) is 3.43. The molecule has 110 valence electrons. The van der Waals surface area contributed by atoms with Crippen molar-refractivity contribution >= 4 is 33.4 Å². The highest BCUT2D eigenvalue weighted by Gasteiger charge is 2.42. The number of hydrogen-bond donors (Lipinski definition) is 1. The van der Waals surface area contributed by atoms with E-state index in [1.807, 2.05) is 0 Å². The zero-order valence-corrected chi connectivity index (χ0v) is 12.7. The molecule has 1 aromatic rings. The normalized spacial score (nSPS) is 16.9. The van der Waals surface area contributed by atoms with E-state index in [9.17, 15) is 18.0 Å². The van der Waals surface area contributed by atoms with E-state index in [0.29, 0.717) is 12.4 Å². The Morgan fingerprint density at radius 1 is 1.40 bits per heavy atom. The molecule has 0 aromatic heterocycles. The predicted molar refractivity (Wildman–Crippen MR) is 73.9 cm³/mol. The lowest BCUT2D eigenvalue weighted by molar-refractivity contribution is -0.138. The Bertz CT molecular complexity index is 529. The van der Waals surface area contributed by atoms with Crippen molar-refractivity contribution in [3.8, 4) is 0 Å². The van der Waals surface area contributed by atoms with Crippen molar-refractivity contribution in [1.82, 2.24) is 5.32 Å². The Labute approximate surface area is 127 Å². The summed E-state index contributed by atoms with van der Waals surface area (Å²) in [5.41, 5.74) is -0.936. The third-order valence-electron chi connectivity index (χ3n) is 3.40. The van der Waals surface area contributed by atoms with E-state index >= 15 is 0 Å². The minimum atomic E-state index is -4.50. The van der Waals surface area contributed by atoms with Crippen LogP contribution < -0.4 is 5.32 Å². The molecular formula is C13H12BrClF3NO. The van der Waals surface area contributed by atoms with Gasteiger partial charge in [0, 0.05) is 27.9 Å². The van der Waals surface area contributed by atoms with E-state index < -0.39 is 17.6 Å². The van der Waals surface area contributed by atoms with Crippen molar-refractivity contribution in [2.24, 2.45) is 5.41 Å². The lowest BCUT2D eigenvalue weighted by atomic mass is 10.1. The second kappa shape index (κ2) is 5.56. The van der Waals surface area contributed by atoms with E-state index in [2.05, 4.69) is 21.2 Å². The fraction of sp³-hybridized carbons (Fsp3) is 0.462. The van der Waals surface area contributed by atoms with Crippen LogP contribution in [0.1, 0.15) is 28.8 Å². The SMILES string of the molecule is O=C(NCC1(CCl)CC1)c1ccc(Br)c(C(F)(F)F)c1. The van der Waals surface area contributed by atoms with Gasteiger partial charge in [-0.25, -0.2) is 0 Å². The van der Waals surface area contributed by atoms with Crippen LogP contribution in [0.5, 0.6) is 0 Å². The molecule has 1 fully saturated rings. The monoisotopic (exact) mass is 369 g/mol. The zero-order valence-electron chi connectivity index (χ0n) is 10.4. The highest BCUT2D eigenvalue weighted by Crippen LogP contribution is 2.45. The standard InChI is InChI=1S/C13H12BrClF3NO/c14-10-2-1-8(5-9(10)13(16,17)18)11(20)19-7-12(6-15)3-4-12/h1-2,5H,3-4,6-7H2,(H,19,20). The summed E-state index contributed by atoms with van der Waals surface area (Å²) in [5, 5.41) is 2.64. The van der Waals surface area contributed by atoms with Crippen molar-refractivity contribution in [1.29, 1.82) is 0 Å². The Morgan fingerprint density at radius 3 is 2.55 bits per heavy atom. The first-order valence-corrected chi connectivity index (χ1v) is 7.31. The van der Waals surface area contributed by atoms with Crippen LogP contribution in [0.15, 0.2) is 22.7 Å². The largest absolute Gasteiger partial charge is 0.417 e. The molecular weight excluding hydrogens is 358 g/mol. The molecule has 7 heteroatoms. The zero-order chi connectivity index (χ0) is 15.0. The molecule has 0 bridgehead atoms. The van der Waals surface area contributed by atoms with E-state index in [1.165, 1.54) is 12.1 Å². The van der Waals surface area contributed by atoms with Gasteiger partial charge < -0.3 is 5.32 Å². The van der Waals surface area contributed by atoms with Crippen LogP contribution >= 0.6 is 27.5 Å². The van der Waals surface area contributed by atoms with Gasteiger partial charge in [0.2, 0.25) is 0 Å². The maximum atomic E-state index is 12.8. The van der Waals surface area contributed by atoms with Crippen LogP contribution in [0, 0.1) is 5.41 Å². The van der Waals surface area contributed by atoms with Crippen molar-refractivity contribution in [3.63, 3.8) is 0 Å². The quantitative estimate of drug-likeness (QED) is 0.790. The number of benzene rings is 1. The number of halogens is 5. The Kier molecular flexibility index (Phi) is 4.35. The molecule has 0 saturated heterocycles. The molecule has 1 aliphatic rings. The van der Waals surface area contributed by atoms with Crippen LogP contribution in [0.2, 0.25) is 0 Å². The molecule has 1 amide bonds. The fourth-order valence-electron chi connectivity index (χ4n) is 1.79. The molecule has 2 nitrogen and oxygen atoms in total. The first-order valence-electron chi connectivity index (χ1n) is 5.98. The fourth-order valence-corrected chi connectivity index (χ4v) is 2.62. The summed E-state index contributed by atoms with van der Waals surface area (Å²) in [5.74, 6) is -0.0686. The molecule has 0 heterocycles. The van der Waals surface area contributed by atoms with E-state index in [1.54, 1.807) is 0 Å². The van der Waals surface area contributed by atoms with Crippen LogP contribution in [-0.4, -0.2) is 18.3 Å². The molecule has 0 spiro atoms. The second-order valence-corrected chi connectivity index (χ2v) is 6.13. The van der Waals surface area contributed by atoms with Crippen molar-refractivity contribution in [2.75, 3.05) is 12.4 Å². The number of carbonyl (C=O) groups excluding carboxylic acids is 1. The number of nitrogens with one attached hydrogen (secondary N) is 1. The van der Waals surface area contributed by atoms with Crippen LogP contribution in [0.4, 0.5) is 13.2 Å². The molecule has 0 atom stereocenters. The predicted octanol–water partition coefficient (Wildman–Crippen LogP) is 4.22. The van der Waals surface area contributed by atoms with Crippen molar-refractivity contribution < 1.29 is 18.0 Å². The molecule has 0 radical (unpaired) electrons. The summed E-state index contributed by atoms with van der Waals surface area (Å²) in [4.78, 5) is 11.9. The summed E-state index contributed by atoms with van der Waals surface area (Å²) in [6.07, 6.45) is -2.63. The smallest absolute Gasteiger partial charge is 0.351 e. The van der Waals surface area contributed by atoms with Gasteiger partial charge in [-0.3, -0.25) is 4.79 Å². The summed E-state index contributed by atoms with van der Waals surface area (Å²) in [6.45, 7) is 0.396. The van der Waals surface area contributed by atoms with Gasteiger partial charge in [0.15, 0.2) is 0 Å². The minimum Gasteiger partial charge on any atom is -0.351 e. The number of alkyl halides is 4. The number of rotatable bonds is 4. The second-order valence-electron chi connectivity index (χ2n) is 5.01. The van der Waals surface area contributed by atoms with Crippen molar-refractivity contribution in [2.45, 2.75) is 19.0 Å². The molecule has 20 heavy (non-hydrogen) atoms. The van der Waals surface area contributed by atoms with Gasteiger partial charge in [-0.15, -0.1) is 11.6 Å². The van der Waals surface area contributed by atoms with Crippen LogP contribution in [0.25, 0.3) is 0 Å². The number of amides is 1. The number of hydrogen-bond acceptors (Lipinski definition) is 1. The molecule has 0 unspecified atom stereocenters. The molecule has 1 saturated carbocycles. The average molecular weight is 371 g/mol.